The third kappa shape index (κ3) is 3.67. The van der Waals surface area contributed by atoms with Gasteiger partial charge in [-0.1, -0.05) is 0 Å². The van der Waals surface area contributed by atoms with Crippen molar-refractivity contribution in [2.24, 2.45) is 0 Å². The topological polar surface area (TPSA) is 35.5 Å². The van der Waals surface area contributed by atoms with Crippen molar-refractivity contribution >= 4 is 39.4 Å². The second-order valence-corrected chi connectivity index (χ2v) is 36.3. The zero-order valence-corrected chi connectivity index (χ0v) is 19.3. The summed E-state index contributed by atoms with van der Waals surface area (Å²) in [5, 5.41) is 0. The number of benzene rings is 1. The van der Waals surface area contributed by atoms with Crippen LogP contribution in [0.1, 0.15) is 22.3 Å². The molecule has 1 aliphatic carbocycles. The Kier molecular flexibility index (Phi) is 5.40. The normalized spacial score (nSPS) is 21.1. The molecule has 1 aromatic carbocycles. The van der Waals surface area contributed by atoms with Crippen LogP contribution in [-0.4, -0.2) is 21.4 Å². The van der Waals surface area contributed by atoms with E-state index in [0.717, 1.165) is 11.1 Å². The monoisotopic (exact) mass is 426 g/mol. The Morgan fingerprint density at radius 1 is 1.17 bits per heavy atom. The number of fused-ring (bicyclic) bond motifs is 1. The second kappa shape index (κ2) is 6.29. The van der Waals surface area contributed by atoms with Gasteiger partial charge in [0.05, 0.1) is 0 Å². The number of halogens is 2. The summed E-state index contributed by atoms with van der Waals surface area (Å²) < 4.78 is 25.7. The molecule has 0 aromatic heterocycles. The quantitative estimate of drug-likeness (QED) is 0.559. The molecule has 0 N–H and O–H groups in total. The summed E-state index contributed by atoms with van der Waals surface area (Å²) in [5.41, 5.74) is 1.91. The van der Waals surface area contributed by atoms with Gasteiger partial charge in [0.25, 0.3) is 0 Å². The molecule has 0 radical (unpaired) electrons. The molecule has 0 heterocycles. The average Bonchev–Trinajstić information content (AvgIpc) is 2.80. The van der Waals surface area contributed by atoms with E-state index in [1.165, 1.54) is 0 Å². The van der Waals surface area contributed by atoms with Crippen LogP contribution in [0, 0.1) is 0 Å². The molecule has 128 valence electrons. The number of hydrogen-bond donors (Lipinski definition) is 0. The van der Waals surface area contributed by atoms with Gasteiger partial charge in [-0.15, -0.1) is 0 Å². The summed E-state index contributed by atoms with van der Waals surface area (Å²) in [5.74, 6) is 0. The molecule has 23 heavy (non-hydrogen) atoms. The van der Waals surface area contributed by atoms with Crippen LogP contribution >= 0.6 is 18.6 Å². The van der Waals surface area contributed by atoms with E-state index < -0.39 is 31.4 Å². The Morgan fingerprint density at radius 3 is 2.35 bits per heavy atom. The van der Waals surface area contributed by atoms with Gasteiger partial charge in [0, 0.05) is 0 Å². The third-order valence-corrected chi connectivity index (χ3v) is 34.1. The van der Waals surface area contributed by atoms with Crippen molar-refractivity contribution in [1.29, 1.82) is 0 Å². The van der Waals surface area contributed by atoms with Crippen molar-refractivity contribution in [2.45, 2.75) is 37.3 Å². The van der Waals surface area contributed by atoms with Gasteiger partial charge in [-0.25, -0.2) is 0 Å². The van der Waals surface area contributed by atoms with E-state index in [-0.39, 0.29) is 0 Å². The summed E-state index contributed by atoms with van der Waals surface area (Å²) in [7, 11) is 11.6. The number of allylic oxidation sites excluding steroid dienone is 1. The van der Waals surface area contributed by atoms with Crippen molar-refractivity contribution in [3.05, 3.63) is 41.5 Å². The average molecular weight is 427 g/mol. The van der Waals surface area contributed by atoms with Gasteiger partial charge in [0.1, 0.15) is 0 Å². The van der Waals surface area contributed by atoms with Crippen LogP contribution in [0.25, 0.3) is 6.08 Å². The van der Waals surface area contributed by atoms with Crippen LogP contribution in [0.3, 0.4) is 0 Å². The van der Waals surface area contributed by atoms with E-state index in [4.69, 9.17) is 27.2 Å². The van der Waals surface area contributed by atoms with E-state index in [1.54, 1.807) is 6.55 Å². The van der Waals surface area contributed by atoms with Crippen LogP contribution in [0.15, 0.2) is 30.3 Å². The summed E-state index contributed by atoms with van der Waals surface area (Å²) in [6.07, 6.45) is 0.492. The molecule has 0 amide bonds. The van der Waals surface area contributed by atoms with E-state index in [0.29, 0.717) is 6.61 Å². The maximum atomic E-state index is 14.0. The summed E-state index contributed by atoms with van der Waals surface area (Å²) in [6, 6.07) is 7.76. The van der Waals surface area contributed by atoms with Gasteiger partial charge >= 0.3 is 149 Å². The van der Waals surface area contributed by atoms with Gasteiger partial charge < -0.3 is 0 Å². The number of hydrogen-bond acceptors (Lipinski definition) is 3. The van der Waals surface area contributed by atoms with Crippen molar-refractivity contribution < 1.29 is 24.3 Å². The molecule has 3 nitrogen and oxygen atoms in total. The molecule has 0 fully saturated rings. The SMILES string of the molecule is CCO[Si](C)(O[Si](C)(C)C)[Ti](=[O])([Cl])([Cl])[CH]1C=Cc2ccccc21. The first kappa shape index (κ1) is 19.7. The van der Waals surface area contributed by atoms with Gasteiger partial charge in [0.2, 0.25) is 0 Å². The fourth-order valence-corrected chi connectivity index (χ4v) is 30.0. The predicted molar refractivity (Wildman–Crippen MR) is 98.3 cm³/mol. The van der Waals surface area contributed by atoms with Crippen molar-refractivity contribution in [1.82, 2.24) is 0 Å². The van der Waals surface area contributed by atoms with E-state index >= 15 is 0 Å². The van der Waals surface area contributed by atoms with E-state index in [9.17, 15) is 3.32 Å². The molecule has 2 atom stereocenters. The zero-order chi connectivity index (χ0) is 17.5. The fourth-order valence-electron chi connectivity index (χ4n) is 3.05. The molecule has 0 saturated carbocycles. The predicted octanol–water partition coefficient (Wildman–Crippen LogP) is 5.55. The Hall–Kier alpha value is 0.408. The molecular formula is C15H24Cl2O3Si2Ti. The standard InChI is InChI=1S/C9H7.C6H17O2Si2.2ClH.O.Ti/c1-2-5-9-7-3-6-8(9)4-1;1-6-7-9(2)8-10(3,4)5;;;;/h1-7H;6H2,1-5H3;2*1H;;/q;;;;;+2/p-2. The Bertz CT molecular complexity index is 696. The molecule has 0 spiro atoms. The van der Waals surface area contributed by atoms with Gasteiger partial charge in [-0.2, -0.15) is 0 Å². The molecular weight excluding hydrogens is 403 g/mol. The third-order valence-electron chi connectivity index (χ3n) is 4.03. The summed E-state index contributed by atoms with van der Waals surface area (Å²) in [4.78, 5) is 0. The molecule has 1 aromatic rings. The Morgan fingerprint density at radius 2 is 1.78 bits per heavy atom. The van der Waals surface area contributed by atoms with Gasteiger partial charge in [0.15, 0.2) is 0 Å². The van der Waals surface area contributed by atoms with Crippen LogP contribution < -0.4 is 0 Å². The van der Waals surface area contributed by atoms with Crippen LogP contribution in [-0.2, 0) is 24.3 Å². The maximum absolute atomic E-state index is 14.0. The van der Waals surface area contributed by atoms with E-state index in [2.05, 4.69) is 0 Å². The van der Waals surface area contributed by atoms with Crippen LogP contribution in [0.2, 0.25) is 26.2 Å². The molecule has 2 unspecified atom stereocenters. The first-order valence-electron chi connectivity index (χ1n) is 7.80. The molecule has 0 aliphatic heterocycles. The molecule has 8 heteroatoms. The van der Waals surface area contributed by atoms with Gasteiger partial charge in [-0.3, -0.25) is 0 Å². The van der Waals surface area contributed by atoms with Crippen molar-refractivity contribution in [3.8, 4) is 0 Å². The fraction of sp³-hybridized carbons (Fsp3) is 0.467. The molecule has 1 aliphatic rings. The molecule has 0 saturated heterocycles. The summed E-state index contributed by atoms with van der Waals surface area (Å²) in [6.45, 7) is 10.1. The summed E-state index contributed by atoms with van der Waals surface area (Å²) >= 11 is -5.39. The van der Waals surface area contributed by atoms with Crippen LogP contribution in [0.4, 0.5) is 0 Å². The van der Waals surface area contributed by atoms with Crippen LogP contribution in [0.5, 0.6) is 0 Å². The Balaban J connectivity index is 2.56. The second-order valence-electron chi connectivity index (χ2n) is 7.06. The minimum atomic E-state index is -5.39. The molecule has 0 bridgehead atoms. The minimum absolute atomic E-state index is 0.381. The van der Waals surface area contributed by atoms with Crippen molar-refractivity contribution in [3.63, 3.8) is 0 Å². The molecule has 2 rings (SSSR count). The van der Waals surface area contributed by atoms with Crippen molar-refractivity contribution in [2.75, 3.05) is 6.61 Å². The first-order valence-corrected chi connectivity index (χ1v) is 21.7. The zero-order valence-electron chi connectivity index (χ0n) is 14.2. The number of rotatable bonds is 6. The Labute approximate surface area is 148 Å². The van der Waals surface area contributed by atoms with E-state index in [1.807, 2.05) is 63.0 Å². The first-order chi connectivity index (χ1) is 10.4. The van der Waals surface area contributed by atoms with Gasteiger partial charge in [-0.05, 0) is 0 Å².